The summed E-state index contributed by atoms with van der Waals surface area (Å²) in [6.45, 7) is 0. The second kappa shape index (κ2) is 6.06. The van der Waals surface area contributed by atoms with Gasteiger partial charge < -0.3 is 9.84 Å². The van der Waals surface area contributed by atoms with Crippen LogP contribution in [0.2, 0.25) is 0 Å². The number of ketones is 2. The molecule has 0 aliphatic heterocycles. The van der Waals surface area contributed by atoms with Crippen LogP contribution in [0, 0.1) is 0 Å². The zero-order valence-electron chi connectivity index (χ0n) is 13.0. The molecule has 2 aromatic carbocycles. The Balaban J connectivity index is 2.08. The third kappa shape index (κ3) is 2.99. The molecule has 2 N–H and O–H groups in total. The highest BCUT2D eigenvalue weighted by atomic mass is 32.2. The number of methoxy groups -OCH3 is 1. The average Bonchev–Trinajstić information content (AvgIpc) is 2.58. The first-order valence-corrected chi connectivity index (χ1v) is 8.61. The predicted octanol–water partition coefficient (Wildman–Crippen LogP) is 1.95. The van der Waals surface area contributed by atoms with Crippen molar-refractivity contribution in [3.05, 3.63) is 59.7 Å². The molecule has 7 nitrogen and oxygen atoms in total. The number of phenols is 1. The van der Waals surface area contributed by atoms with Crippen molar-refractivity contribution in [2.75, 3.05) is 11.8 Å². The summed E-state index contributed by atoms with van der Waals surface area (Å²) in [6.07, 6.45) is 1.07. The predicted molar refractivity (Wildman–Crippen MR) is 89.7 cm³/mol. The molecule has 1 aliphatic rings. The van der Waals surface area contributed by atoms with Gasteiger partial charge in [-0.3, -0.25) is 14.3 Å². The summed E-state index contributed by atoms with van der Waals surface area (Å²) in [5, 5.41) is 9.27. The van der Waals surface area contributed by atoms with E-state index in [-0.39, 0.29) is 27.7 Å². The second-order valence-corrected chi connectivity index (χ2v) is 6.92. The molecule has 0 bridgehead atoms. The Bertz CT molecular complexity index is 1010. The topological polar surface area (TPSA) is 110 Å². The fraction of sp³-hybridized carbons (Fsp3) is 0.0588. The first kappa shape index (κ1) is 16.7. The molecule has 0 heterocycles. The number of nitrogens with one attached hydrogen (secondary N) is 1. The number of carbonyl (C=O) groups excluding carboxylic acids is 2. The number of allylic oxidation sites excluding steroid dienone is 1. The molecule has 0 atom stereocenters. The number of hydrogen-bond donors (Lipinski definition) is 2. The Morgan fingerprint density at radius 1 is 1.04 bits per heavy atom. The van der Waals surface area contributed by atoms with Gasteiger partial charge >= 0.3 is 0 Å². The number of ether oxygens (including phenoxy) is 1. The molecule has 0 radical (unpaired) electrons. The van der Waals surface area contributed by atoms with E-state index in [0.717, 1.165) is 6.08 Å². The van der Waals surface area contributed by atoms with Crippen molar-refractivity contribution in [3.8, 4) is 5.75 Å². The molecule has 0 saturated carbocycles. The number of benzene rings is 2. The van der Waals surface area contributed by atoms with E-state index in [9.17, 15) is 23.1 Å². The number of sulfonamides is 1. The van der Waals surface area contributed by atoms with Crippen molar-refractivity contribution in [1.29, 1.82) is 0 Å². The minimum atomic E-state index is -4.01. The third-order valence-electron chi connectivity index (χ3n) is 3.65. The number of hydrogen-bond acceptors (Lipinski definition) is 6. The lowest BCUT2D eigenvalue weighted by atomic mass is 9.92. The van der Waals surface area contributed by atoms with Crippen molar-refractivity contribution in [2.24, 2.45) is 0 Å². The Labute approximate surface area is 143 Å². The fourth-order valence-electron chi connectivity index (χ4n) is 2.47. The van der Waals surface area contributed by atoms with Gasteiger partial charge in [-0.2, -0.15) is 0 Å². The van der Waals surface area contributed by atoms with Crippen molar-refractivity contribution in [3.63, 3.8) is 0 Å². The van der Waals surface area contributed by atoms with Gasteiger partial charge in [0.2, 0.25) is 11.6 Å². The van der Waals surface area contributed by atoms with E-state index in [0.29, 0.717) is 5.56 Å². The minimum absolute atomic E-state index is 0.0217. The first-order valence-electron chi connectivity index (χ1n) is 7.13. The molecule has 0 amide bonds. The van der Waals surface area contributed by atoms with Gasteiger partial charge in [0, 0.05) is 11.6 Å². The molecule has 1 aliphatic carbocycles. The monoisotopic (exact) mass is 359 g/mol. The molecule has 128 valence electrons. The number of Topliss-reactive ketones (excluding diaryl/α,β-unsaturated/α-hetero) is 1. The fourth-order valence-corrected chi connectivity index (χ4v) is 3.54. The highest BCUT2D eigenvalue weighted by molar-refractivity contribution is 7.92. The van der Waals surface area contributed by atoms with Crippen LogP contribution in [0.3, 0.4) is 0 Å². The minimum Gasteiger partial charge on any atom is -0.508 e. The van der Waals surface area contributed by atoms with E-state index in [4.69, 9.17) is 4.74 Å². The molecule has 0 spiro atoms. The van der Waals surface area contributed by atoms with Crippen LogP contribution >= 0.6 is 0 Å². The van der Waals surface area contributed by atoms with Crippen LogP contribution in [0.4, 0.5) is 5.69 Å². The molecule has 0 aromatic heterocycles. The number of phenolic OH excluding ortho intramolecular Hbond substituents is 1. The van der Waals surface area contributed by atoms with Gasteiger partial charge in [-0.05, 0) is 30.3 Å². The zero-order chi connectivity index (χ0) is 18.2. The van der Waals surface area contributed by atoms with Crippen LogP contribution in [0.25, 0.3) is 5.76 Å². The summed E-state index contributed by atoms with van der Waals surface area (Å²) in [7, 11) is -2.66. The van der Waals surface area contributed by atoms with Crippen molar-refractivity contribution in [1.82, 2.24) is 0 Å². The highest BCUT2D eigenvalue weighted by Gasteiger charge is 2.30. The number of carbonyl (C=O) groups is 2. The Hall–Kier alpha value is -3.13. The average molecular weight is 359 g/mol. The molecule has 2 aromatic rings. The summed E-state index contributed by atoms with van der Waals surface area (Å²) in [5.41, 5.74) is 0.249. The van der Waals surface area contributed by atoms with Gasteiger partial charge in [0.05, 0.1) is 23.3 Å². The molecule has 0 unspecified atom stereocenters. The van der Waals surface area contributed by atoms with Gasteiger partial charge in [0.15, 0.2) is 0 Å². The standard InChI is InChI=1S/C17H13NO6S/c1-24-15-9-14(20)17(21)16-12(15)3-2-4-13(16)18-25(22,23)11-7-5-10(19)6-8-11/h2-9,18-19H,1H3. The number of anilines is 1. The molecular weight excluding hydrogens is 346 g/mol. The van der Waals surface area contributed by atoms with Crippen molar-refractivity contribution in [2.45, 2.75) is 4.90 Å². The van der Waals surface area contributed by atoms with E-state index in [1.807, 2.05) is 0 Å². The number of fused-ring (bicyclic) bond motifs is 1. The Kier molecular flexibility index (Phi) is 4.05. The third-order valence-corrected chi connectivity index (χ3v) is 5.04. The summed E-state index contributed by atoms with van der Waals surface area (Å²) in [6, 6.07) is 9.41. The Morgan fingerprint density at radius 3 is 2.36 bits per heavy atom. The van der Waals surface area contributed by atoms with Gasteiger partial charge in [-0.1, -0.05) is 12.1 Å². The maximum atomic E-state index is 12.5. The summed E-state index contributed by atoms with van der Waals surface area (Å²) in [5.74, 6) is -1.50. The van der Waals surface area contributed by atoms with Crippen LogP contribution in [-0.4, -0.2) is 32.2 Å². The highest BCUT2D eigenvalue weighted by Crippen LogP contribution is 2.32. The van der Waals surface area contributed by atoms with E-state index in [1.165, 1.54) is 37.4 Å². The maximum Gasteiger partial charge on any atom is 0.261 e. The van der Waals surface area contributed by atoms with Crippen LogP contribution in [-0.2, 0) is 19.6 Å². The molecule has 3 rings (SSSR count). The van der Waals surface area contributed by atoms with Gasteiger partial charge in [0.25, 0.3) is 10.0 Å². The van der Waals surface area contributed by atoms with Gasteiger partial charge in [-0.25, -0.2) is 8.42 Å². The largest absolute Gasteiger partial charge is 0.508 e. The zero-order valence-corrected chi connectivity index (χ0v) is 13.8. The van der Waals surface area contributed by atoms with E-state index >= 15 is 0 Å². The molecule has 0 fully saturated rings. The van der Waals surface area contributed by atoms with Crippen LogP contribution in [0.15, 0.2) is 53.4 Å². The lowest BCUT2D eigenvalue weighted by Crippen LogP contribution is -2.23. The van der Waals surface area contributed by atoms with Gasteiger partial charge in [-0.15, -0.1) is 0 Å². The quantitative estimate of drug-likeness (QED) is 0.808. The van der Waals surface area contributed by atoms with Crippen LogP contribution in [0.1, 0.15) is 15.9 Å². The van der Waals surface area contributed by atoms with E-state index in [2.05, 4.69) is 4.72 Å². The molecule has 0 saturated heterocycles. The molecule has 25 heavy (non-hydrogen) atoms. The van der Waals surface area contributed by atoms with E-state index in [1.54, 1.807) is 12.1 Å². The van der Waals surface area contributed by atoms with E-state index < -0.39 is 21.6 Å². The summed E-state index contributed by atoms with van der Waals surface area (Å²) < 4.78 is 32.4. The molecule has 8 heteroatoms. The second-order valence-electron chi connectivity index (χ2n) is 5.23. The smallest absolute Gasteiger partial charge is 0.261 e. The molecular formula is C17H13NO6S. The van der Waals surface area contributed by atoms with Crippen LogP contribution in [0.5, 0.6) is 5.75 Å². The van der Waals surface area contributed by atoms with Gasteiger partial charge in [0.1, 0.15) is 11.5 Å². The van der Waals surface area contributed by atoms with Crippen molar-refractivity contribution >= 4 is 33.0 Å². The number of aromatic hydroxyl groups is 1. The maximum absolute atomic E-state index is 12.5. The lowest BCUT2D eigenvalue weighted by Gasteiger charge is -2.19. The van der Waals surface area contributed by atoms with Crippen LogP contribution < -0.4 is 4.72 Å². The SMILES string of the molecule is COC1=CC(=O)C(=O)c2c(NS(=O)(=O)c3ccc(O)cc3)cccc21. The lowest BCUT2D eigenvalue weighted by molar-refractivity contribution is -0.111. The Morgan fingerprint density at radius 2 is 1.72 bits per heavy atom. The summed E-state index contributed by atoms with van der Waals surface area (Å²) in [4.78, 5) is 24.0. The van der Waals surface area contributed by atoms with Crippen molar-refractivity contribution < 1.29 is 27.9 Å². The first-order chi connectivity index (χ1) is 11.8. The normalized spacial score (nSPS) is 13.9. The summed E-state index contributed by atoms with van der Waals surface area (Å²) >= 11 is 0. The number of rotatable bonds is 4.